The van der Waals surface area contributed by atoms with Crippen LogP contribution in [0.15, 0.2) is 36.4 Å². The molecule has 0 bridgehead atoms. The van der Waals surface area contributed by atoms with Crippen molar-refractivity contribution in [3.05, 3.63) is 80.9 Å². The molecule has 0 aliphatic carbocycles. The second-order valence-electron chi connectivity index (χ2n) is 7.90. The predicted molar refractivity (Wildman–Crippen MR) is 120 cm³/mol. The quantitative estimate of drug-likeness (QED) is 0.423. The molecule has 0 aromatic heterocycles. The first-order chi connectivity index (χ1) is 18.5. The molecule has 0 radical (unpaired) electrons. The topological polar surface area (TPSA) is 111 Å². The number of amides is 3. The number of fused-ring (bicyclic) bond motifs is 3. The number of rotatable bonds is 3. The molecule has 13 heteroatoms. The number of ether oxygens (including phenoxy) is 1. The van der Waals surface area contributed by atoms with E-state index in [4.69, 9.17) is 26.2 Å². The Morgan fingerprint density at radius 3 is 2.57 bits per heavy atom. The molecule has 2 aliphatic rings. The first-order valence-electron chi connectivity index (χ1n) is 11.7. The average Bonchev–Trinajstić information content (AvgIpc) is 3.11. The maximum atomic E-state index is 15.6. The van der Waals surface area contributed by atoms with Gasteiger partial charge in [0.2, 0.25) is 5.91 Å². The number of nitrogens with two attached hydrogens (primary N) is 1. The largest absolute Gasteiger partial charge is 0.482 e. The first kappa shape index (κ1) is 20.9. The Labute approximate surface area is 213 Å². The van der Waals surface area contributed by atoms with Crippen LogP contribution in [0, 0.1) is 11.6 Å². The van der Waals surface area contributed by atoms with E-state index in [0.29, 0.717) is 0 Å². The van der Waals surface area contributed by atoms with Gasteiger partial charge in [0.1, 0.15) is 17.4 Å². The number of benzene rings is 3. The molecule has 3 amide bonds. The van der Waals surface area contributed by atoms with E-state index < -0.39 is 98.5 Å². The van der Waals surface area contributed by atoms with E-state index in [2.05, 4.69) is 10.6 Å². The molecule has 0 saturated heterocycles. The Kier molecular flexibility index (Phi) is 4.78. The highest BCUT2D eigenvalue weighted by molar-refractivity contribution is 6.31. The van der Waals surface area contributed by atoms with Crippen LogP contribution in [0.1, 0.15) is 47.5 Å². The number of halogens is 6. The van der Waals surface area contributed by atoms with Crippen molar-refractivity contribution in [1.29, 1.82) is 0 Å². The van der Waals surface area contributed by atoms with Crippen molar-refractivity contribution < 1.29 is 45.2 Å². The summed E-state index contributed by atoms with van der Waals surface area (Å²) in [6.45, 7) is -3.01. The van der Waals surface area contributed by atoms with Gasteiger partial charge < -0.3 is 21.1 Å². The molecule has 3 aromatic rings. The van der Waals surface area contributed by atoms with Crippen molar-refractivity contribution in [2.75, 3.05) is 11.9 Å². The van der Waals surface area contributed by atoms with Crippen LogP contribution in [-0.2, 0) is 11.0 Å². The Balaban J connectivity index is 1.94. The molecular weight excluding hydrogens is 525 g/mol. The SMILES string of the molecule is [2H]C1([2H])Oc2cc(-c3c(F)cc(C(F)(F)F)cc3C(N)=O)c3c(c2NC1=O)C(=O)NC3([2H])c1cc(F)ccc1Cl. The number of hydrogen-bond acceptors (Lipinski definition) is 4. The average molecular weight is 541 g/mol. The molecule has 0 fully saturated rings. The molecular formula is C24H13ClF5N3O4. The minimum atomic E-state index is -5.10. The molecule has 1 unspecified atom stereocenters. The van der Waals surface area contributed by atoms with Crippen molar-refractivity contribution in [1.82, 2.24) is 5.32 Å². The summed E-state index contributed by atoms with van der Waals surface area (Å²) in [6.07, 6.45) is -5.10. The van der Waals surface area contributed by atoms with Crippen LogP contribution < -0.4 is 21.1 Å². The summed E-state index contributed by atoms with van der Waals surface area (Å²) in [6, 6.07) is 1.34. The van der Waals surface area contributed by atoms with Gasteiger partial charge in [0.05, 0.1) is 32.5 Å². The highest BCUT2D eigenvalue weighted by atomic mass is 35.5. The highest BCUT2D eigenvalue weighted by Gasteiger charge is 2.41. The molecule has 4 N–H and O–H groups in total. The van der Waals surface area contributed by atoms with Gasteiger partial charge in [0.25, 0.3) is 11.8 Å². The summed E-state index contributed by atoms with van der Waals surface area (Å²) in [5.41, 5.74) is -0.811. The summed E-state index contributed by atoms with van der Waals surface area (Å²) >= 11 is 6.21. The van der Waals surface area contributed by atoms with Crippen LogP contribution in [-0.4, -0.2) is 24.3 Å². The standard InChI is InChI=1S/C24H13ClF5N3O4/c25-13-2-1-9(26)5-10(13)20-18-11(6-15-21(19(18)23(36)33-20)32-16(34)7-37-15)17-12(22(31)35)3-8(4-14(17)27)24(28,29)30/h1-6,20H,7H2,(H2,31,35)(H,32,34)(H,33,36)/i7D2,20D. The lowest BCUT2D eigenvalue weighted by atomic mass is 9.86. The number of nitrogens with one attached hydrogen (secondary N) is 2. The highest BCUT2D eigenvalue weighted by Crippen LogP contribution is 2.49. The molecule has 0 spiro atoms. The summed E-state index contributed by atoms with van der Waals surface area (Å²) in [5, 5.41) is 4.11. The van der Waals surface area contributed by atoms with Crippen LogP contribution in [0.2, 0.25) is 5.02 Å². The molecule has 37 heavy (non-hydrogen) atoms. The number of primary amides is 1. The van der Waals surface area contributed by atoms with E-state index in [0.717, 1.165) is 24.3 Å². The molecule has 2 aliphatic heterocycles. The lowest BCUT2D eigenvalue weighted by Gasteiger charge is -2.24. The molecule has 0 saturated carbocycles. The summed E-state index contributed by atoms with van der Waals surface area (Å²) < 4.78 is 99.9. The molecule has 5 rings (SSSR count). The third-order valence-electron chi connectivity index (χ3n) is 5.65. The molecule has 1 atom stereocenters. The van der Waals surface area contributed by atoms with Gasteiger partial charge >= 0.3 is 6.18 Å². The van der Waals surface area contributed by atoms with Gasteiger partial charge in [-0.15, -0.1) is 0 Å². The Bertz CT molecular complexity index is 1680. The third kappa shape index (κ3) is 4.02. The smallest absolute Gasteiger partial charge is 0.416 e. The molecule has 2 heterocycles. The lowest BCUT2D eigenvalue weighted by molar-refractivity contribution is -0.137. The van der Waals surface area contributed by atoms with E-state index in [9.17, 15) is 31.9 Å². The monoisotopic (exact) mass is 540 g/mol. The Morgan fingerprint density at radius 1 is 1.16 bits per heavy atom. The van der Waals surface area contributed by atoms with Crippen molar-refractivity contribution in [3.63, 3.8) is 0 Å². The number of anilines is 1. The third-order valence-corrected chi connectivity index (χ3v) is 5.98. The normalized spacial score (nSPS) is 21.0. The zero-order valence-corrected chi connectivity index (χ0v) is 18.7. The van der Waals surface area contributed by atoms with Gasteiger partial charge in [0.15, 0.2) is 6.56 Å². The predicted octanol–water partition coefficient (Wildman–Crippen LogP) is 4.57. The van der Waals surface area contributed by atoms with Gasteiger partial charge in [-0.25, -0.2) is 8.78 Å². The molecule has 7 nitrogen and oxygen atoms in total. The van der Waals surface area contributed by atoms with Gasteiger partial charge in [-0.3, -0.25) is 14.4 Å². The van der Waals surface area contributed by atoms with E-state index in [1.807, 2.05) is 0 Å². The van der Waals surface area contributed by atoms with Gasteiger partial charge in [0, 0.05) is 21.7 Å². The fourth-order valence-corrected chi connectivity index (χ4v) is 4.37. The van der Waals surface area contributed by atoms with Crippen LogP contribution in [0.4, 0.5) is 27.6 Å². The lowest BCUT2D eigenvalue weighted by Crippen LogP contribution is -2.27. The first-order valence-corrected chi connectivity index (χ1v) is 10.5. The summed E-state index contributed by atoms with van der Waals surface area (Å²) in [7, 11) is 0. The van der Waals surface area contributed by atoms with Crippen molar-refractivity contribution in [2.45, 2.75) is 12.2 Å². The molecule has 3 aromatic carbocycles. The van der Waals surface area contributed by atoms with Crippen LogP contribution in [0.25, 0.3) is 11.1 Å². The van der Waals surface area contributed by atoms with Crippen LogP contribution >= 0.6 is 11.6 Å². The fraction of sp³-hybridized carbons (Fsp3) is 0.125. The van der Waals surface area contributed by atoms with E-state index in [1.54, 1.807) is 0 Å². The van der Waals surface area contributed by atoms with Gasteiger partial charge in [-0.2, -0.15) is 13.2 Å². The Hall–Kier alpha value is -4.19. The Morgan fingerprint density at radius 2 is 1.89 bits per heavy atom. The zero-order chi connectivity index (χ0) is 29.5. The number of alkyl halides is 3. The number of carbonyl (C=O) groups is 3. The van der Waals surface area contributed by atoms with Crippen LogP contribution in [0.3, 0.4) is 0 Å². The van der Waals surface area contributed by atoms with E-state index in [1.165, 1.54) is 0 Å². The number of carbonyl (C=O) groups excluding carboxylic acids is 3. The van der Waals surface area contributed by atoms with E-state index in [-0.39, 0.29) is 17.2 Å². The van der Waals surface area contributed by atoms with Crippen molar-refractivity contribution >= 4 is 35.0 Å². The molecule has 190 valence electrons. The fourth-order valence-electron chi connectivity index (χ4n) is 4.16. The second-order valence-corrected chi connectivity index (χ2v) is 8.31. The minimum absolute atomic E-state index is 0.0561. The maximum absolute atomic E-state index is 15.6. The van der Waals surface area contributed by atoms with Gasteiger partial charge in [-0.05, 0) is 42.0 Å². The van der Waals surface area contributed by atoms with Crippen molar-refractivity contribution in [3.8, 4) is 16.9 Å². The van der Waals surface area contributed by atoms with Crippen molar-refractivity contribution in [2.24, 2.45) is 5.73 Å². The second kappa shape index (κ2) is 8.44. The van der Waals surface area contributed by atoms with Gasteiger partial charge in [-0.1, -0.05) is 11.6 Å². The van der Waals surface area contributed by atoms with E-state index >= 15 is 4.39 Å². The number of hydrogen-bond donors (Lipinski definition) is 3. The summed E-state index contributed by atoms with van der Waals surface area (Å²) in [4.78, 5) is 37.9. The minimum Gasteiger partial charge on any atom is -0.482 e. The van der Waals surface area contributed by atoms with Crippen LogP contribution in [0.5, 0.6) is 5.75 Å². The summed E-state index contributed by atoms with van der Waals surface area (Å²) in [5.74, 6) is -7.14. The maximum Gasteiger partial charge on any atom is 0.416 e. The zero-order valence-electron chi connectivity index (χ0n) is 20.9.